The lowest BCUT2D eigenvalue weighted by molar-refractivity contribution is 0.0951. The third-order valence-electron chi connectivity index (χ3n) is 2.60. The number of phenolic OH excluding ortho intramolecular Hbond substituents is 1. The Morgan fingerprint density at radius 3 is 2.90 bits per heavy atom. The van der Waals surface area contributed by atoms with E-state index in [0.717, 1.165) is 10.4 Å². The molecule has 21 heavy (non-hydrogen) atoms. The zero-order valence-corrected chi connectivity index (χ0v) is 13.3. The van der Waals surface area contributed by atoms with E-state index in [0.29, 0.717) is 16.6 Å². The lowest BCUT2D eigenvalue weighted by Crippen LogP contribution is -2.22. The van der Waals surface area contributed by atoms with Crippen molar-refractivity contribution in [2.24, 2.45) is 0 Å². The predicted molar refractivity (Wildman–Crippen MR) is 85.3 cm³/mol. The summed E-state index contributed by atoms with van der Waals surface area (Å²) in [6.07, 6.45) is 0. The highest BCUT2D eigenvalue weighted by Gasteiger charge is 2.08. The van der Waals surface area contributed by atoms with E-state index in [1.165, 1.54) is 17.4 Å². The minimum absolute atomic E-state index is 0.0281. The molecule has 0 unspecified atom stereocenters. The molecule has 0 saturated heterocycles. The minimum atomic E-state index is -0.255. The topological polar surface area (TPSA) is 69.6 Å². The summed E-state index contributed by atoms with van der Waals surface area (Å²) in [7, 11) is 0. The summed E-state index contributed by atoms with van der Waals surface area (Å²) in [5.74, 6) is 5.15. The fraction of sp³-hybridized carbons (Fsp3) is 0.133. The zero-order valence-electron chi connectivity index (χ0n) is 10.9. The fourth-order valence-electron chi connectivity index (χ4n) is 1.60. The molecule has 1 aromatic heterocycles. The molecule has 6 heteroatoms. The molecule has 1 aromatic carbocycles. The van der Waals surface area contributed by atoms with Gasteiger partial charge in [0.2, 0.25) is 0 Å². The second-order valence-electron chi connectivity index (χ2n) is 4.11. The van der Waals surface area contributed by atoms with Gasteiger partial charge in [-0.1, -0.05) is 11.8 Å². The number of aliphatic hydroxyl groups is 1. The SMILES string of the molecule is O=C(NCc1cc(C#CCO)cs1)c1ccc(Br)c(O)c1. The van der Waals surface area contributed by atoms with Crippen molar-refractivity contribution in [1.82, 2.24) is 5.32 Å². The van der Waals surface area contributed by atoms with Crippen LogP contribution in [0.2, 0.25) is 0 Å². The smallest absolute Gasteiger partial charge is 0.251 e. The Morgan fingerprint density at radius 1 is 1.38 bits per heavy atom. The van der Waals surface area contributed by atoms with Crippen LogP contribution in [0.25, 0.3) is 0 Å². The Kier molecular flexibility index (Phi) is 5.39. The van der Waals surface area contributed by atoms with E-state index in [1.807, 2.05) is 11.4 Å². The molecule has 1 amide bonds. The molecular weight excluding hydrogens is 354 g/mol. The van der Waals surface area contributed by atoms with Crippen LogP contribution in [0, 0.1) is 11.8 Å². The molecule has 0 aliphatic carbocycles. The summed E-state index contributed by atoms with van der Waals surface area (Å²) in [5, 5.41) is 22.8. The van der Waals surface area contributed by atoms with Gasteiger partial charge < -0.3 is 15.5 Å². The van der Waals surface area contributed by atoms with Crippen LogP contribution in [0.4, 0.5) is 0 Å². The van der Waals surface area contributed by atoms with Crippen LogP contribution in [0.1, 0.15) is 20.8 Å². The second-order valence-corrected chi connectivity index (χ2v) is 5.96. The number of hydrogen-bond acceptors (Lipinski definition) is 4. The Balaban J connectivity index is 1.97. The van der Waals surface area contributed by atoms with E-state index in [9.17, 15) is 9.90 Å². The fourth-order valence-corrected chi connectivity index (χ4v) is 2.61. The van der Waals surface area contributed by atoms with Crippen molar-refractivity contribution < 1.29 is 15.0 Å². The van der Waals surface area contributed by atoms with Crippen LogP contribution < -0.4 is 5.32 Å². The molecule has 0 aliphatic rings. The number of rotatable bonds is 3. The molecule has 0 saturated carbocycles. The molecule has 2 rings (SSSR count). The normalized spacial score (nSPS) is 9.81. The summed E-state index contributed by atoms with van der Waals surface area (Å²) in [4.78, 5) is 12.9. The molecule has 0 atom stereocenters. The summed E-state index contributed by atoms with van der Waals surface area (Å²) in [6.45, 7) is 0.218. The Morgan fingerprint density at radius 2 is 2.19 bits per heavy atom. The van der Waals surface area contributed by atoms with Gasteiger partial charge in [-0.15, -0.1) is 11.3 Å². The quantitative estimate of drug-likeness (QED) is 0.731. The van der Waals surface area contributed by atoms with Gasteiger partial charge >= 0.3 is 0 Å². The molecule has 108 valence electrons. The number of hydrogen-bond donors (Lipinski definition) is 3. The minimum Gasteiger partial charge on any atom is -0.507 e. The Bertz CT molecular complexity index is 715. The monoisotopic (exact) mass is 365 g/mol. The van der Waals surface area contributed by atoms with Gasteiger partial charge in [0.15, 0.2) is 0 Å². The predicted octanol–water partition coefficient (Wildman–Crippen LogP) is 2.49. The second kappa shape index (κ2) is 7.27. The number of halogens is 1. The van der Waals surface area contributed by atoms with E-state index in [2.05, 4.69) is 33.1 Å². The van der Waals surface area contributed by atoms with Gasteiger partial charge in [-0.3, -0.25) is 4.79 Å². The molecular formula is C15H12BrNO3S. The first kappa shape index (κ1) is 15.6. The number of aromatic hydroxyl groups is 1. The average Bonchev–Trinajstić information content (AvgIpc) is 2.93. The van der Waals surface area contributed by atoms with E-state index in [-0.39, 0.29) is 18.3 Å². The van der Waals surface area contributed by atoms with Gasteiger partial charge in [0.05, 0.1) is 11.0 Å². The third kappa shape index (κ3) is 4.33. The highest BCUT2D eigenvalue weighted by atomic mass is 79.9. The van der Waals surface area contributed by atoms with Crippen molar-refractivity contribution in [1.29, 1.82) is 0 Å². The third-order valence-corrected chi connectivity index (χ3v) is 4.20. The van der Waals surface area contributed by atoms with E-state index < -0.39 is 0 Å². The summed E-state index contributed by atoms with van der Waals surface area (Å²) >= 11 is 4.65. The van der Waals surface area contributed by atoms with Gasteiger partial charge in [0, 0.05) is 21.4 Å². The lowest BCUT2D eigenvalue weighted by atomic mass is 10.2. The maximum Gasteiger partial charge on any atom is 0.251 e. The molecule has 0 spiro atoms. The van der Waals surface area contributed by atoms with Gasteiger partial charge in [0.25, 0.3) is 5.91 Å². The molecule has 2 aromatic rings. The molecule has 0 fully saturated rings. The van der Waals surface area contributed by atoms with Crippen molar-refractivity contribution in [3.8, 4) is 17.6 Å². The van der Waals surface area contributed by atoms with Crippen LogP contribution in [-0.2, 0) is 6.54 Å². The lowest BCUT2D eigenvalue weighted by Gasteiger charge is -2.05. The summed E-state index contributed by atoms with van der Waals surface area (Å²) < 4.78 is 0.546. The van der Waals surface area contributed by atoms with Crippen molar-refractivity contribution in [3.05, 3.63) is 50.1 Å². The highest BCUT2D eigenvalue weighted by Crippen LogP contribution is 2.24. The molecule has 4 nitrogen and oxygen atoms in total. The van der Waals surface area contributed by atoms with Crippen LogP contribution in [0.15, 0.2) is 34.1 Å². The van der Waals surface area contributed by atoms with E-state index in [4.69, 9.17) is 5.11 Å². The number of carbonyl (C=O) groups excluding carboxylic acids is 1. The van der Waals surface area contributed by atoms with Gasteiger partial charge in [-0.2, -0.15) is 0 Å². The average molecular weight is 366 g/mol. The number of phenols is 1. The largest absolute Gasteiger partial charge is 0.507 e. The molecule has 0 radical (unpaired) electrons. The van der Waals surface area contributed by atoms with Gasteiger partial charge in [-0.05, 0) is 40.2 Å². The molecule has 3 N–H and O–H groups in total. The summed E-state index contributed by atoms with van der Waals surface area (Å²) in [5.41, 5.74) is 1.21. The standard InChI is InChI=1S/C15H12BrNO3S/c16-13-4-3-11(7-14(13)19)15(20)17-8-12-6-10(9-21-12)2-1-5-18/h3-4,6-7,9,18-19H,5,8H2,(H,17,20). The first-order chi connectivity index (χ1) is 10.1. The van der Waals surface area contributed by atoms with Crippen LogP contribution in [0.5, 0.6) is 5.75 Å². The Hall–Kier alpha value is -1.81. The maximum atomic E-state index is 12.0. The zero-order chi connectivity index (χ0) is 15.2. The first-order valence-electron chi connectivity index (χ1n) is 6.04. The van der Waals surface area contributed by atoms with E-state index in [1.54, 1.807) is 12.1 Å². The molecule has 0 aliphatic heterocycles. The number of aliphatic hydroxyl groups excluding tert-OH is 1. The number of thiophene rings is 1. The Labute approximate surface area is 134 Å². The van der Waals surface area contributed by atoms with Crippen LogP contribution in [-0.4, -0.2) is 22.7 Å². The number of amides is 1. The number of benzene rings is 1. The van der Waals surface area contributed by atoms with Crippen molar-refractivity contribution in [2.45, 2.75) is 6.54 Å². The number of nitrogens with one attached hydrogen (secondary N) is 1. The van der Waals surface area contributed by atoms with Gasteiger partial charge in [0.1, 0.15) is 12.4 Å². The van der Waals surface area contributed by atoms with Gasteiger partial charge in [-0.25, -0.2) is 0 Å². The van der Waals surface area contributed by atoms with Crippen molar-refractivity contribution >= 4 is 33.2 Å². The van der Waals surface area contributed by atoms with Crippen molar-refractivity contribution in [3.63, 3.8) is 0 Å². The summed E-state index contributed by atoms with van der Waals surface area (Å²) in [6, 6.07) is 6.53. The van der Waals surface area contributed by atoms with E-state index >= 15 is 0 Å². The molecule has 0 bridgehead atoms. The highest BCUT2D eigenvalue weighted by molar-refractivity contribution is 9.10. The van der Waals surface area contributed by atoms with Crippen LogP contribution >= 0.6 is 27.3 Å². The van der Waals surface area contributed by atoms with Crippen LogP contribution in [0.3, 0.4) is 0 Å². The number of carbonyl (C=O) groups is 1. The first-order valence-corrected chi connectivity index (χ1v) is 7.71. The maximum absolute atomic E-state index is 12.0. The van der Waals surface area contributed by atoms with Crippen molar-refractivity contribution in [2.75, 3.05) is 6.61 Å². The molecule has 1 heterocycles.